The molecule has 1 amide bonds. The average molecular weight is 314 g/mol. The molecule has 0 bridgehead atoms. The van der Waals surface area contributed by atoms with E-state index in [0.29, 0.717) is 5.92 Å². The molecular formula is C16H18N4O3. The molecule has 120 valence electrons. The van der Waals surface area contributed by atoms with E-state index in [1.807, 2.05) is 31.2 Å². The quantitative estimate of drug-likeness (QED) is 0.843. The lowest BCUT2D eigenvalue weighted by atomic mass is 9.97. The summed E-state index contributed by atoms with van der Waals surface area (Å²) in [6.45, 7) is 1.99. The summed E-state index contributed by atoms with van der Waals surface area (Å²) in [5, 5.41) is 19.0. The maximum atomic E-state index is 12.3. The predicted octanol–water partition coefficient (Wildman–Crippen LogP) is 1.55. The molecule has 1 aliphatic carbocycles. The molecule has 0 aliphatic heterocycles. The summed E-state index contributed by atoms with van der Waals surface area (Å²) in [6.07, 6.45) is 3.46. The smallest absolute Gasteiger partial charge is 0.358 e. The van der Waals surface area contributed by atoms with Crippen LogP contribution in [0.15, 0.2) is 30.5 Å². The number of aromatic nitrogens is 3. The molecule has 1 aromatic carbocycles. The average Bonchev–Trinajstić information content (AvgIpc) is 3.25. The van der Waals surface area contributed by atoms with Crippen LogP contribution in [0.5, 0.6) is 0 Å². The Morgan fingerprint density at radius 1 is 1.39 bits per heavy atom. The first-order valence-electron chi connectivity index (χ1n) is 7.53. The molecular weight excluding hydrogens is 296 g/mol. The van der Waals surface area contributed by atoms with Gasteiger partial charge in [0, 0.05) is 0 Å². The van der Waals surface area contributed by atoms with E-state index in [0.717, 1.165) is 24.0 Å². The largest absolute Gasteiger partial charge is 0.476 e. The summed E-state index contributed by atoms with van der Waals surface area (Å²) in [4.78, 5) is 23.1. The fraction of sp³-hybridized carbons (Fsp3) is 0.375. The van der Waals surface area contributed by atoms with Crippen LogP contribution < -0.4 is 5.32 Å². The molecule has 23 heavy (non-hydrogen) atoms. The Kier molecular flexibility index (Phi) is 4.10. The number of hydrogen-bond donors (Lipinski definition) is 2. The minimum Gasteiger partial charge on any atom is -0.476 e. The fourth-order valence-electron chi connectivity index (χ4n) is 2.65. The predicted molar refractivity (Wildman–Crippen MR) is 81.8 cm³/mol. The first-order valence-corrected chi connectivity index (χ1v) is 7.53. The second-order valence-corrected chi connectivity index (χ2v) is 5.85. The Hall–Kier alpha value is -2.70. The number of hydrogen-bond acceptors (Lipinski definition) is 4. The second-order valence-electron chi connectivity index (χ2n) is 5.85. The van der Waals surface area contributed by atoms with Crippen LogP contribution in [0, 0.1) is 12.8 Å². The highest BCUT2D eigenvalue weighted by atomic mass is 16.4. The minimum atomic E-state index is -1.16. The Bertz CT molecular complexity index is 736. The van der Waals surface area contributed by atoms with Gasteiger partial charge >= 0.3 is 5.97 Å². The lowest BCUT2D eigenvalue weighted by molar-refractivity contribution is -0.122. The standard InChI is InChI=1S/C16H18N4O3/c1-10-4-2-3-5-12(10)15(11-6-7-11)17-14(21)9-20-8-13(16(22)23)18-19-20/h2-5,8,11,15H,6-7,9H2,1H3,(H,17,21)(H,22,23). The molecule has 1 heterocycles. The Morgan fingerprint density at radius 3 is 2.74 bits per heavy atom. The van der Waals surface area contributed by atoms with Gasteiger partial charge in [0.15, 0.2) is 5.69 Å². The summed E-state index contributed by atoms with van der Waals surface area (Å²) >= 11 is 0. The van der Waals surface area contributed by atoms with Gasteiger partial charge in [0.1, 0.15) is 6.54 Å². The van der Waals surface area contributed by atoms with Crippen LogP contribution in [0.25, 0.3) is 0 Å². The van der Waals surface area contributed by atoms with E-state index in [9.17, 15) is 9.59 Å². The number of carboxylic acids is 1. The summed E-state index contributed by atoms with van der Waals surface area (Å²) in [6, 6.07) is 8.02. The minimum absolute atomic E-state index is 0.00818. The Labute approximate surface area is 133 Å². The van der Waals surface area contributed by atoms with Gasteiger partial charge in [-0.1, -0.05) is 29.5 Å². The van der Waals surface area contributed by atoms with Crippen LogP contribution in [0.2, 0.25) is 0 Å². The van der Waals surface area contributed by atoms with Gasteiger partial charge in [-0.15, -0.1) is 5.10 Å². The van der Waals surface area contributed by atoms with Crippen molar-refractivity contribution in [3.8, 4) is 0 Å². The topological polar surface area (TPSA) is 97.1 Å². The maximum absolute atomic E-state index is 12.3. The zero-order valence-electron chi connectivity index (χ0n) is 12.8. The van der Waals surface area contributed by atoms with E-state index in [-0.39, 0.29) is 24.2 Å². The van der Waals surface area contributed by atoms with Gasteiger partial charge in [-0.2, -0.15) is 0 Å². The lowest BCUT2D eigenvalue weighted by Crippen LogP contribution is -2.33. The lowest BCUT2D eigenvalue weighted by Gasteiger charge is -2.20. The molecule has 7 heteroatoms. The summed E-state index contributed by atoms with van der Waals surface area (Å²) in [5.41, 5.74) is 2.11. The van der Waals surface area contributed by atoms with E-state index in [1.54, 1.807) is 0 Å². The van der Waals surface area contributed by atoms with Crippen LogP contribution in [0.1, 0.15) is 40.5 Å². The first-order chi connectivity index (χ1) is 11.0. The van der Waals surface area contributed by atoms with Gasteiger partial charge in [0.25, 0.3) is 0 Å². The number of aromatic carboxylic acids is 1. The van der Waals surface area contributed by atoms with Gasteiger partial charge < -0.3 is 10.4 Å². The van der Waals surface area contributed by atoms with Crippen molar-refractivity contribution in [2.45, 2.75) is 32.4 Å². The SMILES string of the molecule is Cc1ccccc1C(NC(=O)Cn1cc(C(=O)O)nn1)C1CC1. The number of carboxylic acid groups (broad SMARTS) is 1. The number of carbonyl (C=O) groups is 2. The van der Waals surface area contributed by atoms with Gasteiger partial charge in [-0.05, 0) is 36.8 Å². The second kappa shape index (κ2) is 6.20. The number of aryl methyl sites for hydroxylation is 1. The number of benzene rings is 1. The summed E-state index contributed by atoms with van der Waals surface area (Å²) < 4.78 is 1.24. The molecule has 1 aliphatic rings. The van der Waals surface area contributed by atoms with Crippen molar-refractivity contribution in [1.29, 1.82) is 0 Å². The highest BCUT2D eigenvalue weighted by Crippen LogP contribution is 2.41. The third-order valence-electron chi connectivity index (χ3n) is 4.00. The van der Waals surface area contributed by atoms with E-state index in [2.05, 4.69) is 15.6 Å². The number of amides is 1. The van der Waals surface area contributed by atoms with Crippen molar-refractivity contribution < 1.29 is 14.7 Å². The molecule has 7 nitrogen and oxygen atoms in total. The highest BCUT2D eigenvalue weighted by Gasteiger charge is 2.34. The van der Waals surface area contributed by atoms with E-state index >= 15 is 0 Å². The number of nitrogens with zero attached hydrogens (tertiary/aromatic N) is 3. The number of rotatable bonds is 6. The normalized spacial score (nSPS) is 15.2. The van der Waals surface area contributed by atoms with Gasteiger partial charge in [0.2, 0.25) is 5.91 Å². The van der Waals surface area contributed by atoms with Crippen molar-refractivity contribution in [1.82, 2.24) is 20.3 Å². The van der Waals surface area contributed by atoms with Gasteiger partial charge in [0.05, 0.1) is 12.2 Å². The van der Waals surface area contributed by atoms with Gasteiger partial charge in [-0.25, -0.2) is 9.48 Å². The van der Waals surface area contributed by atoms with Crippen molar-refractivity contribution in [2.24, 2.45) is 5.92 Å². The third-order valence-corrected chi connectivity index (χ3v) is 4.00. The van der Waals surface area contributed by atoms with Crippen LogP contribution in [-0.2, 0) is 11.3 Å². The third kappa shape index (κ3) is 3.56. The van der Waals surface area contributed by atoms with Crippen molar-refractivity contribution >= 4 is 11.9 Å². The molecule has 0 radical (unpaired) electrons. The van der Waals surface area contributed by atoms with Crippen molar-refractivity contribution in [3.05, 3.63) is 47.3 Å². The van der Waals surface area contributed by atoms with E-state index in [1.165, 1.54) is 10.9 Å². The van der Waals surface area contributed by atoms with Crippen LogP contribution in [0.3, 0.4) is 0 Å². The summed E-state index contributed by atoms with van der Waals surface area (Å²) in [5.74, 6) is -0.898. The highest BCUT2D eigenvalue weighted by molar-refractivity contribution is 5.84. The molecule has 0 saturated heterocycles. The zero-order valence-corrected chi connectivity index (χ0v) is 12.8. The molecule has 1 fully saturated rings. The van der Waals surface area contributed by atoms with Crippen molar-refractivity contribution in [3.63, 3.8) is 0 Å². The molecule has 1 saturated carbocycles. The number of carbonyl (C=O) groups excluding carboxylic acids is 1. The molecule has 3 rings (SSSR count). The molecule has 1 atom stereocenters. The van der Waals surface area contributed by atoms with Gasteiger partial charge in [-0.3, -0.25) is 4.79 Å². The zero-order chi connectivity index (χ0) is 16.4. The molecule has 2 N–H and O–H groups in total. The first kappa shape index (κ1) is 15.2. The Balaban J connectivity index is 1.69. The summed E-state index contributed by atoms with van der Waals surface area (Å²) in [7, 11) is 0. The number of nitrogens with one attached hydrogen (secondary N) is 1. The van der Waals surface area contributed by atoms with E-state index < -0.39 is 5.97 Å². The molecule has 1 unspecified atom stereocenters. The van der Waals surface area contributed by atoms with Crippen LogP contribution in [-0.4, -0.2) is 32.0 Å². The van der Waals surface area contributed by atoms with Crippen molar-refractivity contribution in [2.75, 3.05) is 0 Å². The fourth-order valence-corrected chi connectivity index (χ4v) is 2.65. The van der Waals surface area contributed by atoms with Crippen LogP contribution >= 0.6 is 0 Å². The molecule has 1 aromatic heterocycles. The molecule has 2 aromatic rings. The van der Waals surface area contributed by atoms with E-state index in [4.69, 9.17) is 5.11 Å². The maximum Gasteiger partial charge on any atom is 0.358 e. The Morgan fingerprint density at radius 2 is 2.13 bits per heavy atom. The van der Waals surface area contributed by atoms with Crippen LogP contribution in [0.4, 0.5) is 0 Å². The molecule has 0 spiro atoms. The monoisotopic (exact) mass is 314 g/mol.